The van der Waals surface area contributed by atoms with Crippen molar-refractivity contribution in [2.24, 2.45) is 0 Å². The van der Waals surface area contributed by atoms with E-state index >= 15 is 0 Å². The maximum atomic E-state index is 12.2. The fraction of sp³-hybridized carbons (Fsp3) is 0.750. The molecule has 1 aromatic rings. The fourth-order valence-electron chi connectivity index (χ4n) is 2.23. The average Bonchev–Trinajstić information content (AvgIpc) is 2.91. The molecule has 114 valence electrons. The second-order valence-electron chi connectivity index (χ2n) is 4.85. The van der Waals surface area contributed by atoms with Crippen LogP contribution in [0.25, 0.3) is 0 Å². The maximum absolute atomic E-state index is 12.2. The van der Waals surface area contributed by atoms with E-state index in [0.717, 1.165) is 35.8 Å². The highest BCUT2D eigenvalue weighted by Gasteiger charge is 2.28. The van der Waals surface area contributed by atoms with E-state index in [2.05, 4.69) is 9.71 Å². The maximum Gasteiger partial charge on any atom is 0.279 e. The Morgan fingerprint density at radius 2 is 2.40 bits per heavy atom. The minimum Gasteiger partial charge on any atom is -0.238 e. The van der Waals surface area contributed by atoms with E-state index in [1.54, 1.807) is 33.6 Å². The quantitative estimate of drug-likeness (QED) is 0.614. The highest BCUT2D eigenvalue weighted by Crippen LogP contribution is 2.21. The Bertz CT molecular complexity index is 490. The van der Waals surface area contributed by atoms with E-state index in [0.29, 0.717) is 13.1 Å². The minimum absolute atomic E-state index is 0.117. The summed E-state index contributed by atoms with van der Waals surface area (Å²) in [5.74, 6) is 0.881. The molecule has 0 aromatic carbocycles. The van der Waals surface area contributed by atoms with Gasteiger partial charge < -0.3 is 0 Å². The van der Waals surface area contributed by atoms with Gasteiger partial charge in [0, 0.05) is 36.5 Å². The van der Waals surface area contributed by atoms with Gasteiger partial charge in [-0.3, -0.25) is 0 Å². The lowest BCUT2D eigenvalue weighted by Gasteiger charge is -2.32. The first-order valence-electron chi connectivity index (χ1n) is 6.88. The summed E-state index contributed by atoms with van der Waals surface area (Å²) in [5.41, 5.74) is 0. The number of thioether (sulfide) groups is 1. The van der Waals surface area contributed by atoms with Crippen LogP contribution in [-0.4, -0.2) is 42.6 Å². The van der Waals surface area contributed by atoms with E-state index in [-0.39, 0.29) is 6.04 Å². The van der Waals surface area contributed by atoms with Crippen molar-refractivity contribution in [3.63, 3.8) is 0 Å². The topological polar surface area (TPSA) is 62.3 Å². The molecular formula is C12H21N3O2S3. The van der Waals surface area contributed by atoms with Crippen molar-refractivity contribution < 1.29 is 8.42 Å². The van der Waals surface area contributed by atoms with Crippen molar-refractivity contribution in [1.29, 1.82) is 0 Å². The van der Waals surface area contributed by atoms with E-state index in [1.807, 2.05) is 12.3 Å². The average molecular weight is 336 g/mol. The summed E-state index contributed by atoms with van der Waals surface area (Å²) >= 11 is 3.29. The standard InChI is InChI=1S/C12H21N3O2S3/c1-11-5-2-3-8-15(11)20(16,17)14-6-4-9-18-12-13-7-10-19-12/h7,10-11,14H,2-6,8-9H2,1H3/t11-/m0/s1. The molecule has 2 heterocycles. The molecule has 0 spiro atoms. The van der Waals surface area contributed by atoms with Gasteiger partial charge in [-0.15, -0.1) is 11.3 Å². The first-order valence-corrected chi connectivity index (χ1v) is 10.2. The number of aromatic nitrogens is 1. The van der Waals surface area contributed by atoms with Crippen molar-refractivity contribution in [2.45, 2.75) is 43.0 Å². The first-order chi connectivity index (χ1) is 9.59. The van der Waals surface area contributed by atoms with Crippen LogP contribution in [0.2, 0.25) is 0 Å². The molecular weight excluding hydrogens is 314 g/mol. The van der Waals surface area contributed by atoms with E-state index in [4.69, 9.17) is 0 Å². The van der Waals surface area contributed by atoms with Crippen molar-refractivity contribution in [2.75, 3.05) is 18.8 Å². The van der Waals surface area contributed by atoms with Crippen LogP contribution in [0.3, 0.4) is 0 Å². The van der Waals surface area contributed by atoms with Gasteiger partial charge in [-0.1, -0.05) is 18.2 Å². The molecule has 0 amide bonds. The van der Waals surface area contributed by atoms with Crippen LogP contribution in [-0.2, 0) is 10.2 Å². The second kappa shape index (κ2) is 7.74. The molecule has 8 heteroatoms. The van der Waals surface area contributed by atoms with Crippen LogP contribution >= 0.6 is 23.1 Å². The monoisotopic (exact) mass is 335 g/mol. The predicted octanol–water partition coefficient (Wildman–Crippen LogP) is 2.33. The lowest BCUT2D eigenvalue weighted by atomic mass is 10.1. The van der Waals surface area contributed by atoms with Crippen molar-refractivity contribution in [3.05, 3.63) is 11.6 Å². The van der Waals surface area contributed by atoms with Crippen molar-refractivity contribution >= 4 is 33.3 Å². The summed E-state index contributed by atoms with van der Waals surface area (Å²) in [6, 6.07) is 0.117. The molecule has 2 rings (SSSR count). The number of hydrogen-bond acceptors (Lipinski definition) is 5. The van der Waals surface area contributed by atoms with Gasteiger partial charge in [-0.25, -0.2) is 9.71 Å². The zero-order valence-electron chi connectivity index (χ0n) is 11.6. The summed E-state index contributed by atoms with van der Waals surface area (Å²) in [5, 5.41) is 1.95. The Morgan fingerprint density at radius 1 is 1.55 bits per heavy atom. The Hall–Kier alpha value is -0.150. The summed E-state index contributed by atoms with van der Waals surface area (Å²) in [7, 11) is -3.31. The number of nitrogens with zero attached hydrogens (tertiary/aromatic N) is 2. The number of hydrogen-bond donors (Lipinski definition) is 1. The lowest BCUT2D eigenvalue weighted by Crippen LogP contribution is -2.48. The molecule has 5 nitrogen and oxygen atoms in total. The predicted molar refractivity (Wildman–Crippen MR) is 84.4 cm³/mol. The van der Waals surface area contributed by atoms with E-state index in [9.17, 15) is 8.42 Å². The molecule has 0 unspecified atom stereocenters. The molecule has 0 bridgehead atoms. The third-order valence-electron chi connectivity index (χ3n) is 3.29. The molecule has 1 atom stereocenters. The summed E-state index contributed by atoms with van der Waals surface area (Å²) in [6.45, 7) is 3.12. The number of piperidine rings is 1. The second-order valence-corrected chi connectivity index (χ2v) is 8.80. The fourth-order valence-corrected chi connectivity index (χ4v) is 5.39. The Labute approximate surface area is 129 Å². The van der Waals surface area contributed by atoms with Crippen LogP contribution in [0.1, 0.15) is 32.6 Å². The smallest absolute Gasteiger partial charge is 0.238 e. The van der Waals surface area contributed by atoms with Gasteiger partial charge in [0.1, 0.15) is 4.34 Å². The molecule has 0 aliphatic carbocycles. The van der Waals surface area contributed by atoms with Crippen LogP contribution < -0.4 is 4.72 Å². The van der Waals surface area contributed by atoms with Gasteiger partial charge >= 0.3 is 0 Å². The Kier molecular flexibility index (Phi) is 6.28. The van der Waals surface area contributed by atoms with Gasteiger partial charge in [-0.2, -0.15) is 12.7 Å². The molecule has 1 N–H and O–H groups in total. The minimum atomic E-state index is -3.31. The Morgan fingerprint density at radius 3 is 3.10 bits per heavy atom. The van der Waals surface area contributed by atoms with Crippen LogP contribution in [0.5, 0.6) is 0 Å². The zero-order chi connectivity index (χ0) is 14.4. The zero-order valence-corrected chi connectivity index (χ0v) is 14.1. The van der Waals surface area contributed by atoms with Gasteiger partial charge in [0.2, 0.25) is 0 Å². The van der Waals surface area contributed by atoms with Gasteiger partial charge in [0.05, 0.1) is 0 Å². The number of thiazole rings is 1. The highest BCUT2D eigenvalue weighted by molar-refractivity contribution is 8.01. The molecule has 1 saturated heterocycles. The highest BCUT2D eigenvalue weighted by atomic mass is 32.2. The molecule has 1 aliphatic rings. The molecule has 1 aromatic heterocycles. The molecule has 0 saturated carbocycles. The van der Waals surface area contributed by atoms with Gasteiger partial charge in [-0.05, 0) is 26.2 Å². The molecule has 0 radical (unpaired) electrons. The number of nitrogens with one attached hydrogen (secondary N) is 1. The third kappa shape index (κ3) is 4.70. The third-order valence-corrected chi connectivity index (χ3v) is 7.07. The van der Waals surface area contributed by atoms with Crippen molar-refractivity contribution in [3.8, 4) is 0 Å². The SMILES string of the molecule is C[C@H]1CCCCN1S(=O)(=O)NCCCSc1nccs1. The normalized spacial score (nSPS) is 21.1. The van der Waals surface area contributed by atoms with Crippen molar-refractivity contribution in [1.82, 2.24) is 14.0 Å². The van der Waals surface area contributed by atoms with Crippen LogP contribution in [0, 0.1) is 0 Å². The van der Waals surface area contributed by atoms with Crippen LogP contribution in [0.15, 0.2) is 15.9 Å². The van der Waals surface area contributed by atoms with E-state index in [1.165, 1.54) is 0 Å². The summed E-state index contributed by atoms with van der Waals surface area (Å²) in [4.78, 5) is 4.18. The van der Waals surface area contributed by atoms with E-state index < -0.39 is 10.2 Å². The lowest BCUT2D eigenvalue weighted by molar-refractivity contribution is 0.265. The molecule has 1 aliphatic heterocycles. The largest absolute Gasteiger partial charge is 0.279 e. The Balaban J connectivity index is 1.69. The first kappa shape index (κ1) is 16.2. The number of rotatable bonds is 7. The molecule has 20 heavy (non-hydrogen) atoms. The van der Waals surface area contributed by atoms with Crippen LogP contribution in [0.4, 0.5) is 0 Å². The summed E-state index contributed by atoms with van der Waals surface area (Å²) < 4.78 is 29.7. The van der Waals surface area contributed by atoms with Gasteiger partial charge in [0.15, 0.2) is 0 Å². The van der Waals surface area contributed by atoms with Gasteiger partial charge in [0.25, 0.3) is 10.2 Å². The summed E-state index contributed by atoms with van der Waals surface area (Å²) in [6.07, 6.45) is 5.64. The molecule has 1 fully saturated rings.